The van der Waals surface area contributed by atoms with Crippen LogP contribution >= 0.6 is 12.2 Å². The van der Waals surface area contributed by atoms with Crippen LogP contribution in [0.2, 0.25) is 0 Å². The van der Waals surface area contributed by atoms with E-state index in [1.54, 1.807) is 30.3 Å². The number of benzene rings is 3. The van der Waals surface area contributed by atoms with Gasteiger partial charge in [-0.2, -0.15) is 0 Å². The van der Waals surface area contributed by atoms with E-state index < -0.39 is 10.8 Å². The van der Waals surface area contributed by atoms with Crippen LogP contribution in [-0.2, 0) is 0 Å². The minimum absolute atomic E-state index is 0.0161. The molecule has 0 fully saturated rings. The lowest BCUT2D eigenvalue weighted by Crippen LogP contribution is -2.33. The number of carbonyl (C=O) groups excluding carboxylic acids is 1. The summed E-state index contributed by atoms with van der Waals surface area (Å²) in [5, 5.41) is 16.6. The molecule has 0 saturated heterocycles. The van der Waals surface area contributed by atoms with Crippen molar-refractivity contribution < 1.29 is 18.6 Å². The lowest BCUT2D eigenvalue weighted by atomic mass is 10.1. The average molecular weight is 513 g/mol. The highest BCUT2D eigenvalue weighted by atomic mass is 32.1. The second-order valence-corrected chi connectivity index (χ2v) is 8.79. The number of hydrogen-bond donors (Lipinski definition) is 2. The van der Waals surface area contributed by atoms with Gasteiger partial charge >= 0.3 is 0 Å². The smallest absolute Gasteiger partial charge is 0.293 e. The molecule has 0 atom stereocenters. The molecule has 2 aromatic heterocycles. The van der Waals surface area contributed by atoms with E-state index >= 15 is 0 Å². The van der Waals surface area contributed by atoms with E-state index in [1.807, 2.05) is 38.1 Å². The van der Waals surface area contributed by atoms with Crippen LogP contribution in [0.1, 0.15) is 21.7 Å². The molecule has 37 heavy (non-hydrogen) atoms. The number of oxazole rings is 1. The Morgan fingerprint density at radius 3 is 2.46 bits per heavy atom. The molecule has 1 amide bonds. The van der Waals surface area contributed by atoms with Crippen molar-refractivity contribution in [2.75, 3.05) is 5.32 Å². The van der Waals surface area contributed by atoms with E-state index in [9.17, 15) is 14.9 Å². The fraction of sp³-hybridized carbons (Fsp3) is 0.0741. The molecule has 10 heteroatoms. The summed E-state index contributed by atoms with van der Waals surface area (Å²) in [6.07, 6.45) is 0. The Morgan fingerprint density at radius 2 is 1.70 bits per heavy atom. The molecule has 2 N–H and O–H groups in total. The minimum Gasteiger partial charge on any atom is -0.451 e. The number of furan rings is 1. The number of nitro groups is 1. The second kappa shape index (κ2) is 9.67. The molecule has 5 rings (SSSR count). The maximum absolute atomic E-state index is 12.6. The SMILES string of the molecule is Cc1cc2nc(-c3ccc(NC(=S)NC(=O)c4ccc(-c5cccc([N+](=O)[O-])c5)o4)cc3)oc2cc1C. The van der Waals surface area contributed by atoms with Crippen LogP contribution in [0.4, 0.5) is 11.4 Å². The van der Waals surface area contributed by atoms with Gasteiger partial charge in [0.2, 0.25) is 5.89 Å². The van der Waals surface area contributed by atoms with Crippen LogP contribution in [0.25, 0.3) is 33.9 Å². The topological polar surface area (TPSA) is 123 Å². The van der Waals surface area contributed by atoms with Crippen LogP contribution in [0, 0.1) is 24.0 Å². The van der Waals surface area contributed by atoms with E-state index in [0.717, 1.165) is 27.8 Å². The van der Waals surface area contributed by atoms with E-state index in [-0.39, 0.29) is 16.6 Å². The molecule has 0 aliphatic carbocycles. The molecule has 5 aromatic rings. The highest BCUT2D eigenvalue weighted by Gasteiger charge is 2.16. The number of anilines is 1. The van der Waals surface area contributed by atoms with Crippen molar-refractivity contribution in [3.05, 3.63) is 99.8 Å². The van der Waals surface area contributed by atoms with Crippen LogP contribution < -0.4 is 10.6 Å². The van der Waals surface area contributed by atoms with Crippen molar-refractivity contribution in [1.82, 2.24) is 10.3 Å². The number of thiocarbonyl (C=S) groups is 1. The highest BCUT2D eigenvalue weighted by Crippen LogP contribution is 2.28. The molecule has 0 bridgehead atoms. The van der Waals surface area contributed by atoms with Gasteiger partial charge < -0.3 is 14.2 Å². The number of fused-ring (bicyclic) bond motifs is 1. The molecule has 0 unspecified atom stereocenters. The van der Waals surface area contributed by atoms with Gasteiger partial charge in [-0.15, -0.1) is 0 Å². The molecule has 0 aliphatic heterocycles. The number of carbonyl (C=O) groups is 1. The molecular weight excluding hydrogens is 492 g/mol. The van der Waals surface area contributed by atoms with Gasteiger partial charge in [-0.3, -0.25) is 20.2 Å². The Kier molecular flexibility index (Phi) is 6.24. The zero-order valence-electron chi connectivity index (χ0n) is 19.8. The van der Waals surface area contributed by atoms with Gasteiger partial charge in [-0.1, -0.05) is 12.1 Å². The number of rotatable bonds is 5. The van der Waals surface area contributed by atoms with Crippen LogP contribution in [0.3, 0.4) is 0 Å². The lowest BCUT2D eigenvalue weighted by Gasteiger charge is -2.09. The quantitative estimate of drug-likeness (QED) is 0.157. The number of nitro benzene ring substituents is 1. The summed E-state index contributed by atoms with van der Waals surface area (Å²) >= 11 is 5.26. The summed E-state index contributed by atoms with van der Waals surface area (Å²) in [6, 6.07) is 20.3. The Bertz CT molecular complexity index is 1630. The van der Waals surface area contributed by atoms with Crippen molar-refractivity contribution in [3.63, 3.8) is 0 Å². The fourth-order valence-corrected chi connectivity index (χ4v) is 3.92. The van der Waals surface area contributed by atoms with E-state index in [4.69, 9.17) is 21.1 Å². The monoisotopic (exact) mass is 512 g/mol. The highest BCUT2D eigenvalue weighted by molar-refractivity contribution is 7.80. The predicted octanol–water partition coefficient (Wildman–Crippen LogP) is 6.41. The molecule has 184 valence electrons. The minimum atomic E-state index is -0.553. The number of non-ortho nitro benzene ring substituents is 1. The summed E-state index contributed by atoms with van der Waals surface area (Å²) in [5.74, 6) is 0.304. The lowest BCUT2D eigenvalue weighted by molar-refractivity contribution is -0.384. The normalized spacial score (nSPS) is 10.9. The number of amides is 1. The average Bonchev–Trinajstić information content (AvgIpc) is 3.53. The number of aromatic nitrogens is 1. The molecule has 0 radical (unpaired) electrons. The zero-order chi connectivity index (χ0) is 26.1. The summed E-state index contributed by atoms with van der Waals surface area (Å²) in [4.78, 5) is 27.7. The number of hydrogen-bond acceptors (Lipinski definition) is 7. The molecule has 2 heterocycles. The summed E-state index contributed by atoms with van der Waals surface area (Å²) in [5.41, 5.74) is 5.70. The van der Waals surface area contributed by atoms with E-state index in [0.29, 0.717) is 22.9 Å². The number of nitrogens with one attached hydrogen (secondary N) is 2. The molecule has 3 aromatic carbocycles. The van der Waals surface area contributed by atoms with E-state index in [1.165, 1.54) is 18.2 Å². The first-order valence-electron chi connectivity index (χ1n) is 11.2. The van der Waals surface area contributed by atoms with Gasteiger partial charge in [0.1, 0.15) is 11.3 Å². The van der Waals surface area contributed by atoms with Crippen LogP contribution in [-0.4, -0.2) is 20.9 Å². The molecule has 0 saturated carbocycles. The first-order chi connectivity index (χ1) is 17.8. The van der Waals surface area contributed by atoms with Gasteiger partial charge in [-0.25, -0.2) is 4.98 Å². The third-order valence-corrected chi connectivity index (χ3v) is 6.00. The Hall–Kier alpha value is -4.83. The summed E-state index contributed by atoms with van der Waals surface area (Å²) < 4.78 is 11.5. The van der Waals surface area contributed by atoms with Gasteiger partial charge in [0, 0.05) is 28.9 Å². The zero-order valence-corrected chi connectivity index (χ0v) is 20.6. The Balaban J connectivity index is 1.23. The molecule has 0 spiro atoms. The molecule has 0 aliphatic rings. The fourth-order valence-electron chi connectivity index (χ4n) is 3.71. The third kappa shape index (κ3) is 5.09. The molecular formula is C27H20N4O5S. The third-order valence-electron chi connectivity index (χ3n) is 5.79. The number of nitrogens with zero attached hydrogens (tertiary/aromatic N) is 2. The summed E-state index contributed by atoms with van der Waals surface area (Å²) in [7, 11) is 0. The standard InChI is InChI=1S/C27H20N4O5S/c1-15-12-21-24(13-16(15)2)36-26(29-21)17-6-8-19(9-7-17)28-27(37)30-25(32)23-11-10-22(35-23)18-4-3-5-20(14-18)31(33)34/h3-14H,1-2H3,(H2,28,30,32,37). The maximum Gasteiger partial charge on any atom is 0.293 e. The Labute approximate surface area is 216 Å². The van der Waals surface area contributed by atoms with Crippen LogP contribution in [0.5, 0.6) is 0 Å². The second-order valence-electron chi connectivity index (χ2n) is 8.38. The van der Waals surface area contributed by atoms with Crippen molar-refractivity contribution in [3.8, 4) is 22.8 Å². The maximum atomic E-state index is 12.6. The largest absolute Gasteiger partial charge is 0.451 e. The van der Waals surface area contributed by atoms with Gasteiger partial charge in [-0.05, 0) is 85.7 Å². The van der Waals surface area contributed by atoms with Crippen LogP contribution in [0.15, 0.2) is 81.6 Å². The first kappa shape index (κ1) is 23.9. The summed E-state index contributed by atoms with van der Waals surface area (Å²) in [6.45, 7) is 4.06. The van der Waals surface area contributed by atoms with Crippen molar-refractivity contribution in [1.29, 1.82) is 0 Å². The van der Waals surface area contributed by atoms with Gasteiger partial charge in [0.25, 0.3) is 11.6 Å². The first-order valence-corrected chi connectivity index (χ1v) is 11.6. The van der Waals surface area contributed by atoms with Crippen molar-refractivity contribution >= 4 is 45.7 Å². The Morgan fingerprint density at radius 1 is 0.946 bits per heavy atom. The van der Waals surface area contributed by atoms with Crippen molar-refractivity contribution in [2.45, 2.75) is 13.8 Å². The molecule has 9 nitrogen and oxygen atoms in total. The van der Waals surface area contributed by atoms with Gasteiger partial charge in [0.05, 0.1) is 4.92 Å². The van der Waals surface area contributed by atoms with Crippen molar-refractivity contribution in [2.24, 2.45) is 0 Å². The van der Waals surface area contributed by atoms with Gasteiger partial charge in [0.15, 0.2) is 16.5 Å². The van der Waals surface area contributed by atoms with E-state index in [2.05, 4.69) is 15.6 Å². The number of aryl methyl sites for hydroxylation is 2. The predicted molar refractivity (Wildman–Crippen MR) is 143 cm³/mol.